The molecule has 1 amide bonds. The molecule has 1 aromatic rings. The molecule has 1 aromatic carbocycles. The maximum atomic E-state index is 13.6. The number of carbonyl (C=O) groups excluding carboxylic acids is 1. The zero-order valence-corrected chi connectivity index (χ0v) is 11.8. The standard InChI is InChI=1S/C14H21FN2O2/c1-5-19-11-7-6-9(8-10(11)15)17-13(18)12(16)14(2,3)4/h6-8,12H,5,16H2,1-4H3,(H,17,18)/t12-/m0/s1. The molecule has 0 radical (unpaired) electrons. The van der Waals surface area contributed by atoms with Gasteiger partial charge in [0.15, 0.2) is 11.6 Å². The number of halogens is 1. The van der Waals surface area contributed by atoms with Crippen molar-refractivity contribution in [1.29, 1.82) is 0 Å². The molecule has 5 heteroatoms. The Balaban J connectivity index is 2.78. The first-order valence-corrected chi connectivity index (χ1v) is 6.24. The molecule has 0 spiro atoms. The Bertz CT molecular complexity index is 455. The molecule has 106 valence electrons. The van der Waals surface area contributed by atoms with Gasteiger partial charge in [0, 0.05) is 11.8 Å². The molecule has 0 aliphatic rings. The van der Waals surface area contributed by atoms with Gasteiger partial charge < -0.3 is 15.8 Å². The minimum atomic E-state index is -0.665. The molecule has 0 aromatic heterocycles. The highest BCUT2D eigenvalue weighted by atomic mass is 19.1. The Kier molecular flexibility index (Phi) is 4.89. The number of nitrogens with two attached hydrogens (primary N) is 1. The third-order valence-electron chi connectivity index (χ3n) is 2.71. The van der Waals surface area contributed by atoms with Crippen LogP contribution in [0.25, 0.3) is 0 Å². The maximum absolute atomic E-state index is 13.6. The second kappa shape index (κ2) is 6.02. The molecule has 0 aliphatic heterocycles. The van der Waals surface area contributed by atoms with E-state index in [1.165, 1.54) is 12.1 Å². The predicted octanol–water partition coefficient (Wildman–Crippen LogP) is 2.54. The molecule has 4 nitrogen and oxygen atoms in total. The van der Waals surface area contributed by atoms with Crippen LogP contribution in [0.2, 0.25) is 0 Å². The molecule has 0 saturated heterocycles. The first-order chi connectivity index (χ1) is 8.75. The number of hydrogen-bond donors (Lipinski definition) is 2. The minimum Gasteiger partial charge on any atom is -0.491 e. The lowest BCUT2D eigenvalue weighted by atomic mass is 9.87. The molecule has 0 heterocycles. The third kappa shape index (κ3) is 4.21. The van der Waals surface area contributed by atoms with Crippen molar-refractivity contribution in [1.82, 2.24) is 0 Å². The van der Waals surface area contributed by atoms with Crippen molar-refractivity contribution >= 4 is 11.6 Å². The largest absolute Gasteiger partial charge is 0.491 e. The zero-order valence-electron chi connectivity index (χ0n) is 11.8. The molecule has 0 aliphatic carbocycles. The van der Waals surface area contributed by atoms with Crippen LogP contribution in [0.1, 0.15) is 27.7 Å². The van der Waals surface area contributed by atoms with Crippen LogP contribution >= 0.6 is 0 Å². The number of benzene rings is 1. The van der Waals surface area contributed by atoms with Crippen molar-refractivity contribution in [2.24, 2.45) is 11.1 Å². The molecule has 0 saturated carbocycles. The quantitative estimate of drug-likeness (QED) is 0.882. The Morgan fingerprint density at radius 1 is 1.47 bits per heavy atom. The molecule has 3 N–H and O–H groups in total. The second-order valence-electron chi connectivity index (χ2n) is 5.41. The van der Waals surface area contributed by atoms with Gasteiger partial charge >= 0.3 is 0 Å². The molecule has 19 heavy (non-hydrogen) atoms. The number of ether oxygens (including phenoxy) is 1. The van der Waals surface area contributed by atoms with Gasteiger partial charge in [-0.15, -0.1) is 0 Å². The molecule has 1 atom stereocenters. The predicted molar refractivity (Wildman–Crippen MR) is 73.6 cm³/mol. The van der Waals surface area contributed by atoms with Crippen LogP contribution in [0.5, 0.6) is 5.75 Å². The summed E-state index contributed by atoms with van der Waals surface area (Å²) < 4.78 is 18.7. The lowest BCUT2D eigenvalue weighted by molar-refractivity contribution is -0.119. The van der Waals surface area contributed by atoms with E-state index in [4.69, 9.17) is 10.5 Å². The second-order valence-corrected chi connectivity index (χ2v) is 5.41. The monoisotopic (exact) mass is 268 g/mol. The van der Waals surface area contributed by atoms with E-state index < -0.39 is 11.9 Å². The van der Waals surface area contributed by atoms with Crippen LogP contribution in [-0.4, -0.2) is 18.6 Å². The third-order valence-corrected chi connectivity index (χ3v) is 2.71. The average Bonchev–Trinajstić information content (AvgIpc) is 2.30. The molecular weight excluding hydrogens is 247 g/mol. The Morgan fingerprint density at radius 3 is 2.58 bits per heavy atom. The van der Waals surface area contributed by atoms with E-state index in [1.54, 1.807) is 13.0 Å². The Labute approximate surface area is 113 Å². The van der Waals surface area contributed by atoms with Crippen LogP contribution in [0.4, 0.5) is 10.1 Å². The van der Waals surface area contributed by atoms with Gasteiger partial charge in [0.2, 0.25) is 5.91 Å². The van der Waals surface area contributed by atoms with Gasteiger partial charge in [0.25, 0.3) is 0 Å². The van der Waals surface area contributed by atoms with Crippen LogP contribution in [-0.2, 0) is 4.79 Å². The van der Waals surface area contributed by atoms with Gasteiger partial charge in [-0.25, -0.2) is 4.39 Å². The Morgan fingerprint density at radius 2 is 2.11 bits per heavy atom. The number of amides is 1. The van der Waals surface area contributed by atoms with Crippen molar-refractivity contribution in [2.75, 3.05) is 11.9 Å². The van der Waals surface area contributed by atoms with Crippen LogP contribution < -0.4 is 15.8 Å². The van der Waals surface area contributed by atoms with E-state index >= 15 is 0 Å². The van der Waals surface area contributed by atoms with Crippen LogP contribution in [0.3, 0.4) is 0 Å². The Hall–Kier alpha value is -1.62. The molecule has 0 bridgehead atoms. The normalized spacial score (nSPS) is 12.9. The number of nitrogens with one attached hydrogen (secondary N) is 1. The van der Waals surface area contributed by atoms with Crippen molar-refractivity contribution in [3.8, 4) is 5.75 Å². The highest BCUT2D eigenvalue weighted by Gasteiger charge is 2.27. The van der Waals surface area contributed by atoms with Gasteiger partial charge in [-0.3, -0.25) is 4.79 Å². The fourth-order valence-electron chi connectivity index (χ4n) is 1.46. The summed E-state index contributed by atoms with van der Waals surface area (Å²) in [6.45, 7) is 7.77. The SMILES string of the molecule is CCOc1ccc(NC(=O)[C@H](N)C(C)(C)C)cc1F. The summed E-state index contributed by atoms with van der Waals surface area (Å²) in [4.78, 5) is 11.9. The van der Waals surface area contributed by atoms with Gasteiger partial charge in [0.05, 0.1) is 12.6 Å². The molecule has 0 unspecified atom stereocenters. The van der Waals surface area contributed by atoms with Crippen molar-refractivity contribution in [3.05, 3.63) is 24.0 Å². The van der Waals surface area contributed by atoms with E-state index in [0.29, 0.717) is 12.3 Å². The number of hydrogen-bond acceptors (Lipinski definition) is 3. The summed E-state index contributed by atoms with van der Waals surface area (Å²) in [6.07, 6.45) is 0. The first-order valence-electron chi connectivity index (χ1n) is 6.24. The summed E-state index contributed by atoms with van der Waals surface area (Å²) in [5.41, 5.74) is 5.84. The van der Waals surface area contributed by atoms with Crippen molar-refractivity contribution in [3.63, 3.8) is 0 Å². The van der Waals surface area contributed by atoms with E-state index in [9.17, 15) is 9.18 Å². The lowest BCUT2D eigenvalue weighted by Crippen LogP contribution is -2.45. The summed E-state index contributed by atoms with van der Waals surface area (Å²) >= 11 is 0. The average molecular weight is 268 g/mol. The number of rotatable bonds is 4. The van der Waals surface area contributed by atoms with Crippen LogP contribution in [0, 0.1) is 11.2 Å². The topological polar surface area (TPSA) is 64.3 Å². The van der Waals surface area contributed by atoms with Crippen molar-refractivity contribution in [2.45, 2.75) is 33.7 Å². The smallest absolute Gasteiger partial charge is 0.241 e. The highest BCUT2D eigenvalue weighted by molar-refractivity contribution is 5.95. The molecule has 0 fully saturated rings. The summed E-state index contributed by atoms with van der Waals surface area (Å²) in [6, 6.07) is 3.62. The molecular formula is C14H21FN2O2. The van der Waals surface area contributed by atoms with Gasteiger partial charge in [-0.1, -0.05) is 20.8 Å². The number of anilines is 1. The summed E-state index contributed by atoms with van der Waals surface area (Å²) in [5.74, 6) is -0.680. The molecule has 1 rings (SSSR count). The van der Waals surface area contributed by atoms with Gasteiger partial charge in [-0.05, 0) is 24.5 Å². The minimum absolute atomic E-state index is 0.167. The summed E-state index contributed by atoms with van der Waals surface area (Å²) in [7, 11) is 0. The first kappa shape index (κ1) is 15.4. The van der Waals surface area contributed by atoms with Crippen molar-refractivity contribution < 1.29 is 13.9 Å². The van der Waals surface area contributed by atoms with E-state index in [2.05, 4.69) is 5.32 Å². The zero-order chi connectivity index (χ0) is 14.6. The summed E-state index contributed by atoms with van der Waals surface area (Å²) in [5, 5.41) is 2.60. The fraction of sp³-hybridized carbons (Fsp3) is 0.500. The lowest BCUT2D eigenvalue weighted by Gasteiger charge is -2.25. The number of carbonyl (C=O) groups is 1. The van der Waals surface area contributed by atoms with Gasteiger partial charge in [0.1, 0.15) is 0 Å². The van der Waals surface area contributed by atoms with Crippen LogP contribution in [0.15, 0.2) is 18.2 Å². The maximum Gasteiger partial charge on any atom is 0.241 e. The van der Waals surface area contributed by atoms with E-state index in [1.807, 2.05) is 20.8 Å². The van der Waals surface area contributed by atoms with E-state index in [-0.39, 0.29) is 17.1 Å². The van der Waals surface area contributed by atoms with E-state index in [0.717, 1.165) is 0 Å². The van der Waals surface area contributed by atoms with Gasteiger partial charge in [-0.2, -0.15) is 0 Å². The fourth-order valence-corrected chi connectivity index (χ4v) is 1.46. The highest BCUT2D eigenvalue weighted by Crippen LogP contribution is 2.23.